The van der Waals surface area contributed by atoms with E-state index in [1.54, 1.807) is 72.8 Å². The van der Waals surface area contributed by atoms with Crippen molar-refractivity contribution >= 4 is 56.5 Å². The van der Waals surface area contributed by atoms with Gasteiger partial charge in [0.1, 0.15) is 28.7 Å². The first-order valence-corrected chi connectivity index (χ1v) is 19.8. The van der Waals surface area contributed by atoms with Crippen molar-refractivity contribution in [1.82, 2.24) is 0 Å². The first-order valence-electron chi connectivity index (χ1n) is 19.8. The number of rotatable bonds is 8. The Morgan fingerprint density at radius 3 is 1.38 bits per heavy atom. The molecule has 61 heavy (non-hydrogen) atoms. The van der Waals surface area contributed by atoms with Gasteiger partial charge < -0.3 is 14.6 Å². The number of amides is 4. The molecule has 8 aromatic rings. The molecule has 0 spiro atoms. The molecule has 8 aromatic carbocycles. The van der Waals surface area contributed by atoms with Gasteiger partial charge in [0.05, 0.1) is 33.6 Å². The highest BCUT2D eigenvalue weighted by atomic mass is 16.5. The second-order valence-electron chi connectivity index (χ2n) is 15.8. The smallest absolute Gasteiger partial charge is 0.266 e. The fourth-order valence-electron chi connectivity index (χ4n) is 8.32. The number of benzene rings is 8. The Bertz CT molecular complexity index is 2960. The summed E-state index contributed by atoms with van der Waals surface area (Å²) >= 11 is 0. The monoisotopic (exact) mass is 800 g/mol. The van der Waals surface area contributed by atoms with E-state index in [0.29, 0.717) is 61.8 Å². The van der Waals surface area contributed by atoms with Crippen molar-refractivity contribution in [2.75, 3.05) is 9.80 Å². The number of carbonyl (C=O) groups is 4. The summed E-state index contributed by atoms with van der Waals surface area (Å²) < 4.78 is 12.3. The lowest BCUT2D eigenvalue weighted by Crippen LogP contribution is -2.29. The van der Waals surface area contributed by atoms with Crippen LogP contribution in [0.15, 0.2) is 158 Å². The van der Waals surface area contributed by atoms with Gasteiger partial charge >= 0.3 is 0 Å². The van der Waals surface area contributed by atoms with Crippen LogP contribution in [-0.4, -0.2) is 28.7 Å². The van der Waals surface area contributed by atoms with Gasteiger partial charge in [0.2, 0.25) is 0 Å². The highest BCUT2D eigenvalue weighted by Crippen LogP contribution is 2.39. The lowest BCUT2D eigenvalue weighted by atomic mass is 9.78. The number of fused-ring (bicyclic) bond motifs is 4. The molecular weight excluding hydrogens is 765 g/mol. The molecule has 0 bridgehead atoms. The van der Waals surface area contributed by atoms with Crippen molar-refractivity contribution in [3.63, 3.8) is 0 Å². The second-order valence-corrected chi connectivity index (χ2v) is 15.8. The van der Waals surface area contributed by atoms with Gasteiger partial charge in [-0.15, -0.1) is 0 Å². The zero-order valence-corrected chi connectivity index (χ0v) is 33.3. The van der Waals surface area contributed by atoms with E-state index in [-0.39, 0.29) is 17.2 Å². The van der Waals surface area contributed by atoms with E-state index < -0.39 is 23.1 Å². The Morgan fingerprint density at radius 2 is 0.869 bits per heavy atom. The number of anilines is 2. The first-order chi connectivity index (χ1) is 29.4. The SMILES string of the molecule is Cc1cccc2cc(N3C(=O)c4ccc(Oc5ccc(C(C)(C)c6ccc(Oc7ccc8c(c7)C(=O)N(c7ccc9c(O)cccc9c7)C8=O)cc6)cc5)cc4C3=O)ccc12. The van der Waals surface area contributed by atoms with E-state index in [0.717, 1.165) is 32.4 Å². The third kappa shape index (κ3) is 6.26. The molecule has 4 amide bonds. The Hall–Kier alpha value is -8.04. The molecule has 0 aromatic heterocycles. The van der Waals surface area contributed by atoms with Crippen molar-refractivity contribution in [3.8, 4) is 28.7 Å². The molecule has 0 saturated carbocycles. The van der Waals surface area contributed by atoms with E-state index in [1.165, 1.54) is 4.90 Å². The minimum Gasteiger partial charge on any atom is -0.507 e. The molecule has 0 unspecified atom stereocenters. The van der Waals surface area contributed by atoms with Crippen LogP contribution in [0.5, 0.6) is 28.7 Å². The van der Waals surface area contributed by atoms with Crippen molar-refractivity contribution in [1.29, 1.82) is 0 Å². The van der Waals surface area contributed by atoms with Crippen molar-refractivity contribution in [3.05, 3.63) is 197 Å². The second kappa shape index (κ2) is 14.1. The summed E-state index contributed by atoms with van der Waals surface area (Å²) in [6.07, 6.45) is 0. The number of hydrogen-bond donors (Lipinski definition) is 1. The molecule has 1 N–H and O–H groups in total. The molecule has 2 aliphatic heterocycles. The number of ether oxygens (including phenoxy) is 2. The quantitative estimate of drug-likeness (QED) is 0.152. The number of aromatic hydroxyl groups is 1. The molecule has 9 nitrogen and oxygen atoms in total. The number of carbonyl (C=O) groups excluding carboxylic acids is 4. The molecule has 2 aliphatic rings. The summed E-state index contributed by atoms with van der Waals surface area (Å²) in [4.78, 5) is 56.3. The van der Waals surface area contributed by atoms with Crippen LogP contribution < -0.4 is 19.3 Å². The Balaban J connectivity index is 0.808. The lowest BCUT2D eigenvalue weighted by Gasteiger charge is -2.26. The van der Waals surface area contributed by atoms with Gasteiger partial charge in [-0.2, -0.15) is 0 Å². The van der Waals surface area contributed by atoms with Crippen molar-refractivity contribution in [2.45, 2.75) is 26.2 Å². The average Bonchev–Trinajstić information content (AvgIpc) is 3.66. The van der Waals surface area contributed by atoms with E-state index in [4.69, 9.17) is 9.47 Å². The number of phenols is 1. The van der Waals surface area contributed by atoms with Crippen LogP contribution in [0.25, 0.3) is 21.5 Å². The number of imide groups is 2. The zero-order valence-electron chi connectivity index (χ0n) is 33.3. The maximum atomic E-state index is 13.6. The predicted octanol–water partition coefficient (Wildman–Crippen LogP) is 11.5. The normalized spacial score (nSPS) is 13.6. The fraction of sp³-hybridized carbons (Fsp3) is 0.0769. The van der Waals surface area contributed by atoms with Crippen LogP contribution in [-0.2, 0) is 5.41 Å². The predicted molar refractivity (Wildman–Crippen MR) is 235 cm³/mol. The Morgan fingerprint density at radius 1 is 0.443 bits per heavy atom. The lowest BCUT2D eigenvalue weighted by molar-refractivity contribution is 0.0910. The maximum absolute atomic E-state index is 13.6. The van der Waals surface area contributed by atoms with Crippen LogP contribution in [0, 0.1) is 6.92 Å². The molecule has 0 atom stereocenters. The molecule has 0 fully saturated rings. The highest BCUT2D eigenvalue weighted by Gasteiger charge is 2.38. The van der Waals surface area contributed by atoms with E-state index in [9.17, 15) is 24.3 Å². The maximum Gasteiger partial charge on any atom is 0.266 e. The van der Waals surface area contributed by atoms with Gasteiger partial charge in [-0.1, -0.05) is 74.5 Å². The molecule has 9 heteroatoms. The zero-order chi connectivity index (χ0) is 42.2. The summed E-state index contributed by atoms with van der Waals surface area (Å²) in [5, 5.41) is 13.5. The summed E-state index contributed by atoms with van der Waals surface area (Å²) in [7, 11) is 0. The van der Waals surface area contributed by atoms with E-state index in [1.807, 2.05) is 91.9 Å². The Labute approximate surface area is 350 Å². The first kappa shape index (κ1) is 37.2. The number of phenolic OH excluding ortho intramolecular Hbond substituents is 1. The van der Waals surface area contributed by atoms with E-state index >= 15 is 0 Å². The molecule has 0 saturated heterocycles. The minimum atomic E-state index is -0.448. The largest absolute Gasteiger partial charge is 0.507 e. The van der Waals surface area contributed by atoms with Gasteiger partial charge in [-0.25, -0.2) is 9.80 Å². The molecule has 2 heterocycles. The fourth-order valence-corrected chi connectivity index (χ4v) is 8.32. The third-order valence-electron chi connectivity index (χ3n) is 11.8. The number of nitrogens with zero attached hydrogens (tertiary/aromatic N) is 2. The molecular formula is C52H36N2O7. The average molecular weight is 801 g/mol. The highest BCUT2D eigenvalue weighted by molar-refractivity contribution is 6.35. The van der Waals surface area contributed by atoms with Crippen molar-refractivity contribution < 1.29 is 33.8 Å². The Kier molecular flexibility index (Phi) is 8.59. The van der Waals surface area contributed by atoms with Gasteiger partial charge in [0.25, 0.3) is 23.6 Å². The summed E-state index contributed by atoms with van der Waals surface area (Å²) in [6, 6.07) is 47.1. The van der Waals surface area contributed by atoms with Gasteiger partial charge in [-0.05, 0) is 137 Å². The summed E-state index contributed by atoms with van der Waals surface area (Å²) in [6.45, 7) is 6.27. The minimum absolute atomic E-state index is 0.125. The van der Waals surface area contributed by atoms with Gasteiger partial charge in [0.15, 0.2) is 0 Å². The molecule has 0 radical (unpaired) electrons. The van der Waals surface area contributed by atoms with Crippen LogP contribution in [0.4, 0.5) is 11.4 Å². The number of aryl methyl sites for hydroxylation is 1. The molecule has 10 rings (SSSR count). The van der Waals surface area contributed by atoms with Crippen molar-refractivity contribution in [2.24, 2.45) is 0 Å². The van der Waals surface area contributed by atoms with Crippen LogP contribution in [0.1, 0.15) is 72.0 Å². The summed E-state index contributed by atoms with van der Waals surface area (Å²) in [5.41, 5.74) is 4.92. The van der Waals surface area contributed by atoms with Gasteiger partial charge in [0, 0.05) is 10.8 Å². The summed E-state index contributed by atoms with van der Waals surface area (Å²) in [5.74, 6) is 0.513. The number of hydrogen-bond acceptors (Lipinski definition) is 7. The van der Waals surface area contributed by atoms with E-state index in [2.05, 4.69) is 13.8 Å². The van der Waals surface area contributed by atoms with Crippen LogP contribution in [0.3, 0.4) is 0 Å². The standard InChI is InChI=1S/C52H36N2O7/c1-30-6-4-7-31-26-35(14-22-41(30)31)53-48(56)43-24-20-39(28-45(43)50(53)58)60-37-16-10-33(11-17-37)52(2,3)34-12-18-38(19-13-34)61-40-21-25-44-46(29-40)51(59)54(49(44)57)36-15-23-42-32(27-36)8-5-9-47(42)55/h4-29,55H,1-3H3. The molecule has 296 valence electrons. The van der Waals surface area contributed by atoms with Crippen LogP contribution >= 0.6 is 0 Å². The van der Waals surface area contributed by atoms with Gasteiger partial charge in [-0.3, -0.25) is 19.2 Å². The topological polar surface area (TPSA) is 113 Å². The molecule has 0 aliphatic carbocycles. The third-order valence-corrected chi connectivity index (χ3v) is 11.8. The van der Waals surface area contributed by atoms with Crippen LogP contribution in [0.2, 0.25) is 0 Å².